The van der Waals surface area contributed by atoms with Gasteiger partial charge in [0, 0.05) is 24.3 Å². The summed E-state index contributed by atoms with van der Waals surface area (Å²) in [5.74, 6) is 0. The predicted molar refractivity (Wildman–Crippen MR) is 73.0 cm³/mol. The molecule has 2 aromatic rings. The predicted octanol–water partition coefficient (Wildman–Crippen LogP) is 3.09. The summed E-state index contributed by atoms with van der Waals surface area (Å²) in [4.78, 5) is 0. The quantitative estimate of drug-likeness (QED) is 0.731. The molecule has 94 valence electrons. The minimum absolute atomic E-state index is 0.512. The van der Waals surface area contributed by atoms with E-state index >= 15 is 0 Å². The molecule has 0 radical (unpaired) electrons. The first-order valence-electron chi connectivity index (χ1n) is 6.60. The zero-order valence-electron chi connectivity index (χ0n) is 11.7. The molecular formula is C16H22N2+2. The zero-order valence-corrected chi connectivity index (χ0v) is 11.7. The Bertz CT molecular complexity index is 446. The van der Waals surface area contributed by atoms with Crippen LogP contribution in [0.4, 0.5) is 0 Å². The maximum absolute atomic E-state index is 2.21. The molecule has 0 saturated heterocycles. The van der Waals surface area contributed by atoms with Crippen LogP contribution in [0.3, 0.4) is 0 Å². The molecule has 2 nitrogen and oxygen atoms in total. The van der Waals surface area contributed by atoms with Crippen LogP contribution in [0, 0.1) is 0 Å². The number of pyridine rings is 2. The maximum Gasteiger partial charge on any atom is 0.169 e. The second-order valence-corrected chi connectivity index (χ2v) is 5.26. The van der Waals surface area contributed by atoms with E-state index in [0.29, 0.717) is 12.1 Å². The third kappa shape index (κ3) is 2.76. The summed E-state index contributed by atoms with van der Waals surface area (Å²) in [5, 5.41) is 0. The van der Waals surface area contributed by atoms with Gasteiger partial charge in [-0.15, -0.1) is 0 Å². The lowest BCUT2D eigenvalue weighted by molar-refractivity contribution is -0.716. The van der Waals surface area contributed by atoms with Gasteiger partial charge in [0.15, 0.2) is 36.9 Å². The summed E-state index contributed by atoms with van der Waals surface area (Å²) in [6.07, 6.45) is 8.57. The summed E-state index contributed by atoms with van der Waals surface area (Å²) in [6, 6.07) is 9.73. The van der Waals surface area contributed by atoms with E-state index in [1.165, 1.54) is 11.1 Å². The van der Waals surface area contributed by atoms with E-state index in [4.69, 9.17) is 0 Å². The van der Waals surface area contributed by atoms with E-state index in [-0.39, 0.29) is 0 Å². The molecule has 0 saturated carbocycles. The molecule has 0 aliphatic carbocycles. The largest absolute Gasteiger partial charge is 0.203 e. The molecule has 2 rings (SSSR count). The van der Waals surface area contributed by atoms with Crippen molar-refractivity contribution < 1.29 is 9.13 Å². The molecule has 18 heavy (non-hydrogen) atoms. The Morgan fingerprint density at radius 1 is 0.611 bits per heavy atom. The molecule has 0 bridgehead atoms. The van der Waals surface area contributed by atoms with Gasteiger partial charge in [-0.3, -0.25) is 0 Å². The number of nitrogens with zero attached hydrogens (tertiary/aromatic N) is 2. The van der Waals surface area contributed by atoms with Crippen LogP contribution in [0.1, 0.15) is 39.8 Å². The molecule has 2 heterocycles. The Morgan fingerprint density at radius 3 is 1.11 bits per heavy atom. The fourth-order valence-electron chi connectivity index (χ4n) is 1.95. The van der Waals surface area contributed by atoms with E-state index in [2.05, 4.69) is 85.9 Å². The van der Waals surface area contributed by atoms with Crippen molar-refractivity contribution in [1.82, 2.24) is 0 Å². The molecule has 2 aromatic heterocycles. The van der Waals surface area contributed by atoms with Crippen LogP contribution in [-0.4, -0.2) is 0 Å². The number of rotatable bonds is 3. The normalized spacial score (nSPS) is 11.2. The van der Waals surface area contributed by atoms with Crippen molar-refractivity contribution in [3.8, 4) is 11.1 Å². The Kier molecular flexibility index (Phi) is 3.75. The second kappa shape index (κ2) is 5.30. The molecular weight excluding hydrogens is 220 g/mol. The minimum atomic E-state index is 0.512. The van der Waals surface area contributed by atoms with Gasteiger partial charge >= 0.3 is 0 Å². The van der Waals surface area contributed by atoms with Gasteiger partial charge in [0.2, 0.25) is 0 Å². The smallest absolute Gasteiger partial charge is 0.169 e. The molecule has 0 amide bonds. The highest BCUT2D eigenvalue weighted by atomic mass is 15.0. The molecule has 2 heteroatoms. The van der Waals surface area contributed by atoms with Crippen LogP contribution < -0.4 is 9.13 Å². The van der Waals surface area contributed by atoms with Crippen molar-refractivity contribution in [3.05, 3.63) is 49.1 Å². The van der Waals surface area contributed by atoms with Crippen LogP contribution in [0.5, 0.6) is 0 Å². The monoisotopic (exact) mass is 242 g/mol. The van der Waals surface area contributed by atoms with Gasteiger partial charge in [-0.2, -0.15) is 0 Å². The van der Waals surface area contributed by atoms with E-state index < -0.39 is 0 Å². The van der Waals surface area contributed by atoms with Crippen LogP contribution in [0.25, 0.3) is 11.1 Å². The summed E-state index contributed by atoms with van der Waals surface area (Å²) in [6.45, 7) is 8.75. The van der Waals surface area contributed by atoms with Crippen molar-refractivity contribution in [1.29, 1.82) is 0 Å². The average molecular weight is 242 g/mol. The lowest BCUT2D eigenvalue weighted by Crippen LogP contribution is -2.35. The Labute approximate surface area is 110 Å². The Hall–Kier alpha value is -1.70. The SMILES string of the molecule is CC(C)[n+]1ccc(-c2cc[n+](C(C)C)cc2)cc1. The van der Waals surface area contributed by atoms with Crippen LogP contribution in [0.15, 0.2) is 49.1 Å². The van der Waals surface area contributed by atoms with Gasteiger partial charge < -0.3 is 0 Å². The van der Waals surface area contributed by atoms with Gasteiger partial charge in [0.1, 0.15) is 0 Å². The number of aromatic nitrogens is 2. The topological polar surface area (TPSA) is 7.76 Å². The summed E-state index contributed by atoms with van der Waals surface area (Å²) < 4.78 is 4.42. The van der Waals surface area contributed by atoms with E-state index in [9.17, 15) is 0 Å². The van der Waals surface area contributed by atoms with Crippen molar-refractivity contribution in [2.45, 2.75) is 39.8 Å². The number of hydrogen-bond acceptors (Lipinski definition) is 0. The van der Waals surface area contributed by atoms with Crippen molar-refractivity contribution in [3.63, 3.8) is 0 Å². The van der Waals surface area contributed by atoms with Crippen molar-refractivity contribution >= 4 is 0 Å². The first-order chi connectivity index (χ1) is 8.58. The molecule has 0 fully saturated rings. The van der Waals surface area contributed by atoms with Crippen LogP contribution in [0.2, 0.25) is 0 Å². The van der Waals surface area contributed by atoms with Crippen molar-refractivity contribution in [2.75, 3.05) is 0 Å². The number of hydrogen-bond donors (Lipinski definition) is 0. The molecule has 0 spiro atoms. The maximum atomic E-state index is 2.21. The summed E-state index contributed by atoms with van der Waals surface area (Å²) in [5.41, 5.74) is 2.53. The highest BCUT2D eigenvalue weighted by Gasteiger charge is 2.08. The van der Waals surface area contributed by atoms with E-state index in [1.54, 1.807) is 0 Å². The van der Waals surface area contributed by atoms with E-state index in [1.807, 2.05) is 0 Å². The minimum Gasteiger partial charge on any atom is -0.203 e. The van der Waals surface area contributed by atoms with E-state index in [0.717, 1.165) is 0 Å². The lowest BCUT2D eigenvalue weighted by atomic mass is 10.1. The van der Waals surface area contributed by atoms with Gasteiger partial charge in [-0.25, -0.2) is 9.13 Å². The summed E-state index contributed by atoms with van der Waals surface area (Å²) >= 11 is 0. The fraction of sp³-hybridized carbons (Fsp3) is 0.375. The highest BCUT2D eigenvalue weighted by Crippen LogP contribution is 2.16. The molecule has 0 atom stereocenters. The summed E-state index contributed by atoms with van der Waals surface area (Å²) in [7, 11) is 0. The highest BCUT2D eigenvalue weighted by molar-refractivity contribution is 5.60. The molecule has 0 N–H and O–H groups in total. The van der Waals surface area contributed by atoms with Gasteiger partial charge in [0.05, 0.1) is 0 Å². The Morgan fingerprint density at radius 2 is 0.889 bits per heavy atom. The van der Waals surface area contributed by atoms with Gasteiger partial charge in [-0.05, 0) is 38.8 Å². The van der Waals surface area contributed by atoms with Gasteiger partial charge in [-0.1, -0.05) is 0 Å². The molecule has 0 aromatic carbocycles. The van der Waals surface area contributed by atoms with Gasteiger partial charge in [0.25, 0.3) is 0 Å². The van der Waals surface area contributed by atoms with Crippen molar-refractivity contribution in [2.24, 2.45) is 0 Å². The zero-order chi connectivity index (χ0) is 13.1. The molecule has 0 unspecified atom stereocenters. The third-order valence-electron chi connectivity index (χ3n) is 3.23. The molecule has 0 aliphatic rings. The lowest BCUT2D eigenvalue weighted by Gasteiger charge is -2.04. The van der Waals surface area contributed by atoms with Crippen LogP contribution >= 0.6 is 0 Å². The Balaban J connectivity index is 2.25. The first-order valence-corrected chi connectivity index (χ1v) is 6.60. The molecule has 0 aliphatic heterocycles. The fourth-order valence-corrected chi connectivity index (χ4v) is 1.95. The first kappa shape index (κ1) is 12.7. The third-order valence-corrected chi connectivity index (χ3v) is 3.23. The average Bonchev–Trinajstić information content (AvgIpc) is 2.39. The standard InChI is InChI=1S/C16H22N2/c1-13(2)17-9-5-15(6-10-17)16-7-11-18(12-8-16)14(3)4/h5-14H,1-4H3/q+2. The second-order valence-electron chi connectivity index (χ2n) is 5.26. The van der Waals surface area contributed by atoms with Crippen LogP contribution in [-0.2, 0) is 0 Å².